The Morgan fingerprint density at radius 3 is 2.83 bits per heavy atom. The third kappa shape index (κ3) is 4.04. The van der Waals surface area contributed by atoms with Crippen LogP contribution < -0.4 is 14.2 Å². The molecule has 0 radical (unpaired) electrons. The Labute approximate surface area is 172 Å². The van der Waals surface area contributed by atoms with Crippen molar-refractivity contribution < 1.29 is 19.0 Å². The SMILES string of the molecule is COc1ccc(C2CCCN2C(=O)CCc2ccc3c(c2)CC(C)O3)c(OC)c1. The third-order valence-electron chi connectivity index (χ3n) is 5.96. The molecule has 1 amide bonds. The second-order valence-electron chi connectivity index (χ2n) is 7.93. The molecule has 2 aromatic carbocycles. The zero-order chi connectivity index (χ0) is 20.4. The standard InChI is InChI=1S/C24H29NO4/c1-16-13-18-14-17(6-10-22(18)29-16)7-11-24(26)25-12-4-5-21(25)20-9-8-19(27-2)15-23(20)28-3/h6,8-10,14-16,21H,4-5,7,11-13H2,1-3H3. The van der Waals surface area contributed by atoms with Gasteiger partial charge in [0.25, 0.3) is 0 Å². The highest BCUT2D eigenvalue weighted by atomic mass is 16.5. The van der Waals surface area contributed by atoms with E-state index >= 15 is 0 Å². The van der Waals surface area contributed by atoms with Crippen molar-refractivity contribution in [3.8, 4) is 17.2 Å². The van der Waals surface area contributed by atoms with E-state index in [1.165, 1.54) is 11.1 Å². The molecule has 0 bridgehead atoms. The molecule has 154 valence electrons. The molecular weight excluding hydrogens is 366 g/mol. The molecule has 1 fully saturated rings. The zero-order valence-electron chi connectivity index (χ0n) is 17.4. The van der Waals surface area contributed by atoms with Gasteiger partial charge in [0.1, 0.15) is 23.4 Å². The van der Waals surface area contributed by atoms with Crippen molar-refractivity contribution in [1.82, 2.24) is 4.90 Å². The summed E-state index contributed by atoms with van der Waals surface area (Å²) in [5.74, 6) is 2.73. The summed E-state index contributed by atoms with van der Waals surface area (Å²) in [6.45, 7) is 2.89. The van der Waals surface area contributed by atoms with Crippen LogP contribution in [0, 0.1) is 0 Å². The number of rotatable bonds is 6. The van der Waals surface area contributed by atoms with Crippen LogP contribution >= 0.6 is 0 Å². The fraction of sp³-hybridized carbons (Fsp3) is 0.458. The van der Waals surface area contributed by atoms with E-state index in [0.717, 1.165) is 55.0 Å². The zero-order valence-corrected chi connectivity index (χ0v) is 17.4. The van der Waals surface area contributed by atoms with Crippen LogP contribution in [0.2, 0.25) is 0 Å². The molecule has 1 saturated heterocycles. The maximum absolute atomic E-state index is 13.0. The Kier molecular flexibility index (Phi) is 5.65. The Morgan fingerprint density at radius 1 is 1.17 bits per heavy atom. The number of amides is 1. The first-order valence-corrected chi connectivity index (χ1v) is 10.4. The predicted molar refractivity (Wildman–Crippen MR) is 112 cm³/mol. The maximum atomic E-state index is 13.0. The molecule has 0 N–H and O–H groups in total. The summed E-state index contributed by atoms with van der Waals surface area (Å²) in [7, 11) is 3.31. The molecule has 29 heavy (non-hydrogen) atoms. The highest BCUT2D eigenvalue weighted by Crippen LogP contribution is 2.39. The Hall–Kier alpha value is -2.69. The second-order valence-corrected chi connectivity index (χ2v) is 7.93. The molecule has 2 heterocycles. The molecule has 0 saturated carbocycles. The number of benzene rings is 2. The van der Waals surface area contributed by atoms with Gasteiger partial charge < -0.3 is 19.1 Å². The number of methoxy groups -OCH3 is 2. The van der Waals surface area contributed by atoms with E-state index in [2.05, 4.69) is 19.1 Å². The highest BCUT2D eigenvalue weighted by Gasteiger charge is 2.31. The normalized spacial score (nSPS) is 20.3. The summed E-state index contributed by atoms with van der Waals surface area (Å²) < 4.78 is 16.7. The Balaban J connectivity index is 1.44. The van der Waals surface area contributed by atoms with Gasteiger partial charge in [0.15, 0.2) is 0 Å². The van der Waals surface area contributed by atoms with E-state index in [-0.39, 0.29) is 18.1 Å². The van der Waals surface area contributed by atoms with Gasteiger partial charge in [-0.25, -0.2) is 0 Å². The number of carbonyl (C=O) groups is 1. The molecule has 0 aliphatic carbocycles. The fourth-order valence-corrected chi connectivity index (χ4v) is 4.51. The van der Waals surface area contributed by atoms with Gasteiger partial charge in [-0.15, -0.1) is 0 Å². The van der Waals surface area contributed by atoms with E-state index in [0.29, 0.717) is 6.42 Å². The Morgan fingerprint density at radius 2 is 2.03 bits per heavy atom. The lowest BCUT2D eigenvalue weighted by atomic mass is 10.0. The minimum absolute atomic E-state index is 0.0672. The summed E-state index contributed by atoms with van der Waals surface area (Å²) in [5.41, 5.74) is 3.51. The summed E-state index contributed by atoms with van der Waals surface area (Å²) in [4.78, 5) is 15.1. The number of ether oxygens (including phenoxy) is 3. The van der Waals surface area contributed by atoms with Crippen molar-refractivity contribution in [2.45, 2.75) is 51.2 Å². The van der Waals surface area contributed by atoms with E-state index in [1.807, 2.05) is 29.2 Å². The lowest BCUT2D eigenvalue weighted by molar-refractivity contribution is -0.132. The Bertz CT molecular complexity index is 894. The topological polar surface area (TPSA) is 48.0 Å². The van der Waals surface area contributed by atoms with Crippen LogP contribution in [0.15, 0.2) is 36.4 Å². The summed E-state index contributed by atoms with van der Waals surface area (Å²) in [6, 6.07) is 12.2. The largest absolute Gasteiger partial charge is 0.497 e. The molecule has 5 nitrogen and oxygen atoms in total. The maximum Gasteiger partial charge on any atom is 0.223 e. The molecular formula is C24H29NO4. The van der Waals surface area contributed by atoms with Gasteiger partial charge >= 0.3 is 0 Å². The van der Waals surface area contributed by atoms with Crippen LogP contribution in [0.5, 0.6) is 17.2 Å². The average Bonchev–Trinajstić information content (AvgIpc) is 3.36. The molecule has 2 unspecified atom stereocenters. The number of hydrogen-bond acceptors (Lipinski definition) is 4. The molecule has 2 atom stereocenters. The average molecular weight is 395 g/mol. The van der Waals surface area contributed by atoms with Crippen molar-refractivity contribution in [2.75, 3.05) is 20.8 Å². The van der Waals surface area contributed by atoms with Crippen molar-refractivity contribution in [3.63, 3.8) is 0 Å². The van der Waals surface area contributed by atoms with Crippen molar-refractivity contribution >= 4 is 5.91 Å². The predicted octanol–water partition coefficient (Wildman–Crippen LogP) is 4.32. The van der Waals surface area contributed by atoms with Gasteiger partial charge in [0, 0.05) is 31.0 Å². The summed E-state index contributed by atoms with van der Waals surface area (Å²) in [6.07, 6.45) is 4.44. The smallest absolute Gasteiger partial charge is 0.223 e. The quantitative estimate of drug-likeness (QED) is 0.731. The first-order chi connectivity index (χ1) is 14.1. The van der Waals surface area contributed by atoms with Crippen molar-refractivity contribution in [3.05, 3.63) is 53.1 Å². The summed E-state index contributed by atoms with van der Waals surface area (Å²) >= 11 is 0. The molecule has 4 rings (SSSR count). The number of aryl methyl sites for hydroxylation is 1. The first kappa shape index (κ1) is 19.6. The number of nitrogens with zero attached hydrogens (tertiary/aromatic N) is 1. The number of hydrogen-bond donors (Lipinski definition) is 0. The van der Waals surface area contributed by atoms with Gasteiger partial charge in [-0.1, -0.05) is 12.1 Å². The number of fused-ring (bicyclic) bond motifs is 1. The van der Waals surface area contributed by atoms with Gasteiger partial charge in [-0.3, -0.25) is 4.79 Å². The third-order valence-corrected chi connectivity index (χ3v) is 5.96. The van der Waals surface area contributed by atoms with Gasteiger partial charge in [0.05, 0.1) is 20.3 Å². The lowest BCUT2D eigenvalue weighted by Gasteiger charge is -2.26. The summed E-state index contributed by atoms with van der Waals surface area (Å²) in [5, 5.41) is 0. The monoisotopic (exact) mass is 395 g/mol. The van der Waals surface area contributed by atoms with Gasteiger partial charge in [-0.2, -0.15) is 0 Å². The van der Waals surface area contributed by atoms with Gasteiger partial charge in [-0.05, 0) is 55.5 Å². The van der Waals surface area contributed by atoms with Crippen LogP contribution in [-0.2, 0) is 17.6 Å². The minimum Gasteiger partial charge on any atom is -0.497 e. The van der Waals surface area contributed by atoms with E-state index in [1.54, 1.807) is 14.2 Å². The fourth-order valence-electron chi connectivity index (χ4n) is 4.51. The lowest BCUT2D eigenvalue weighted by Crippen LogP contribution is -2.30. The molecule has 2 aromatic rings. The van der Waals surface area contributed by atoms with Crippen LogP contribution in [0.25, 0.3) is 0 Å². The van der Waals surface area contributed by atoms with Crippen molar-refractivity contribution in [1.29, 1.82) is 0 Å². The highest BCUT2D eigenvalue weighted by molar-refractivity contribution is 5.77. The number of likely N-dealkylation sites (tertiary alicyclic amines) is 1. The second kappa shape index (κ2) is 8.36. The van der Waals surface area contributed by atoms with E-state index < -0.39 is 0 Å². The van der Waals surface area contributed by atoms with Crippen LogP contribution in [0.4, 0.5) is 0 Å². The molecule has 0 aromatic heterocycles. The molecule has 2 aliphatic heterocycles. The first-order valence-electron chi connectivity index (χ1n) is 10.4. The van der Waals surface area contributed by atoms with Crippen LogP contribution in [-0.4, -0.2) is 37.7 Å². The molecule has 0 spiro atoms. The number of carbonyl (C=O) groups excluding carboxylic acids is 1. The van der Waals surface area contributed by atoms with Crippen molar-refractivity contribution in [2.24, 2.45) is 0 Å². The van der Waals surface area contributed by atoms with Crippen LogP contribution in [0.1, 0.15) is 48.9 Å². The van der Waals surface area contributed by atoms with E-state index in [9.17, 15) is 4.79 Å². The molecule has 5 heteroatoms. The van der Waals surface area contributed by atoms with Gasteiger partial charge in [0.2, 0.25) is 5.91 Å². The van der Waals surface area contributed by atoms with E-state index in [4.69, 9.17) is 14.2 Å². The van der Waals surface area contributed by atoms with Crippen LogP contribution in [0.3, 0.4) is 0 Å². The minimum atomic E-state index is 0.0672. The molecule has 2 aliphatic rings.